The lowest BCUT2D eigenvalue weighted by Crippen LogP contribution is -2.36. The quantitative estimate of drug-likeness (QED) is 0.797. The number of carboxylic acids is 1. The molecule has 0 fully saturated rings. The molecule has 1 N–H and O–H groups in total. The van der Waals surface area contributed by atoms with E-state index in [-0.39, 0.29) is 6.54 Å². The van der Waals surface area contributed by atoms with Crippen LogP contribution in [-0.2, 0) is 4.79 Å². The zero-order valence-corrected chi connectivity index (χ0v) is 13.1. The van der Waals surface area contributed by atoms with Gasteiger partial charge >= 0.3 is 5.97 Å². The molecule has 0 aliphatic rings. The Labute approximate surface area is 129 Å². The average Bonchev–Trinajstić information content (AvgIpc) is 2.31. The summed E-state index contributed by atoms with van der Waals surface area (Å²) in [5.74, 6) is -0.0182. The lowest BCUT2D eigenvalue weighted by atomic mass is 10.2. The molecule has 1 aromatic carbocycles. The van der Waals surface area contributed by atoms with Gasteiger partial charge in [-0.2, -0.15) is 0 Å². The molecular weight excluding hydrogens is 301 g/mol. The largest absolute Gasteiger partial charge is 0.489 e. The SMILES string of the molecule is CC(C)CN(CCOc1c(Cl)cccc1Cl)CC(=O)O. The summed E-state index contributed by atoms with van der Waals surface area (Å²) in [6, 6.07) is 5.14. The van der Waals surface area contributed by atoms with Gasteiger partial charge in [0.05, 0.1) is 16.6 Å². The minimum Gasteiger partial charge on any atom is -0.489 e. The van der Waals surface area contributed by atoms with Crippen LogP contribution in [-0.4, -0.2) is 42.2 Å². The van der Waals surface area contributed by atoms with Crippen molar-refractivity contribution < 1.29 is 14.6 Å². The Hall–Kier alpha value is -0.970. The van der Waals surface area contributed by atoms with E-state index in [0.717, 1.165) is 0 Å². The standard InChI is InChI=1S/C14H19Cl2NO3/c1-10(2)8-17(9-13(18)19)6-7-20-14-11(15)4-3-5-12(14)16/h3-5,10H,6-9H2,1-2H3,(H,18,19). The van der Waals surface area contributed by atoms with Crippen LogP contribution in [0.4, 0.5) is 0 Å². The summed E-state index contributed by atoms with van der Waals surface area (Å²) < 4.78 is 5.56. The molecule has 0 saturated carbocycles. The third kappa shape index (κ3) is 5.99. The molecule has 0 heterocycles. The molecule has 0 amide bonds. The molecular formula is C14H19Cl2NO3. The highest BCUT2D eigenvalue weighted by Crippen LogP contribution is 2.32. The first-order valence-electron chi connectivity index (χ1n) is 6.41. The second kappa shape index (κ2) is 8.35. The second-order valence-electron chi connectivity index (χ2n) is 4.92. The fraction of sp³-hybridized carbons (Fsp3) is 0.500. The maximum atomic E-state index is 10.8. The Morgan fingerprint density at radius 1 is 1.35 bits per heavy atom. The fourth-order valence-corrected chi connectivity index (χ4v) is 2.35. The van der Waals surface area contributed by atoms with Crippen molar-refractivity contribution in [1.29, 1.82) is 0 Å². The highest BCUT2D eigenvalue weighted by atomic mass is 35.5. The maximum absolute atomic E-state index is 10.8. The van der Waals surface area contributed by atoms with Crippen molar-refractivity contribution >= 4 is 29.2 Å². The number of aliphatic carboxylic acids is 1. The zero-order valence-electron chi connectivity index (χ0n) is 11.6. The van der Waals surface area contributed by atoms with Gasteiger partial charge in [0.25, 0.3) is 0 Å². The summed E-state index contributed by atoms with van der Waals surface area (Å²) in [6.07, 6.45) is 0. The second-order valence-corrected chi connectivity index (χ2v) is 5.74. The Bertz CT molecular complexity index is 432. The summed E-state index contributed by atoms with van der Waals surface area (Å²) in [7, 11) is 0. The number of para-hydroxylation sites is 1. The molecule has 6 heteroatoms. The third-order valence-corrected chi connectivity index (χ3v) is 3.15. The van der Waals surface area contributed by atoms with E-state index in [0.29, 0.717) is 41.4 Å². The summed E-state index contributed by atoms with van der Waals surface area (Å²) in [4.78, 5) is 12.6. The number of carbonyl (C=O) groups is 1. The van der Waals surface area contributed by atoms with Gasteiger partial charge in [0.15, 0.2) is 5.75 Å². The summed E-state index contributed by atoms with van der Waals surface area (Å²) in [6.45, 7) is 5.63. The van der Waals surface area contributed by atoms with E-state index in [1.165, 1.54) is 0 Å². The molecule has 1 aromatic rings. The first kappa shape index (κ1) is 17.1. The molecule has 1 rings (SSSR count). The molecule has 0 radical (unpaired) electrons. The van der Waals surface area contributed by atoms with Gasteiger partial charge in [-0.15, -0.1) is 0 Å². The van der Waals surface area contributed by atoms with Crippen molar-refractivity contribution in [3.63, 3.8) is 0 Å². The van der Waals surface area contributed by atoms with Gasteiger partial charge in [-0.3, -0.25) is 9.69 Å². The molecule has 112 valence electrons. The lowest BCUT2D eigenvalue weighted by Gasteiger charge is -2.22. The molecule has 0 saturated heterocycles. The number of nitrogens with zero attached hydrogens (tertiary/aromatic N) is 1. The summed E-state index contributed by atoms with van der Waals surface area (Å²) in [5, 5.41) is 9.78. The van der Waals surface area contributed by atoms with Crippen LogP contribution in [0.2, 0.25) is 10.0 Å². The Kier molecular flexibility index (Phi) is 7.13. The zero-order chi connectivity index (χ0) is 15.1. The highest BCUT2D eigenvalue weighted by molar-refractivity contribution is 6.37. The first-order valence-corrected chi connectivity index (χ1v) is 7.16. The molecule has 0 aliphatic heterocycles. The topological polar surface area (TPSA) is 49.8 Å². The first-order chi connectivity index (χ1) is 9.40. The van der Waals surface area contributed by atoms with Crippen LogP contribution in [0, 0.1) is 5.92 Å². The molecule has 0 unspecified atom stereocenters. The monoisotopic (exact) mass is 319 g/mol. The summed E-state index contributed by atoms with van der Waals surface area (Å²) >= 11 is 12.0. The van der Waals surface area contributed by atoms with E-state index in [1.807, 2.05) is 18.7 Å². The van der Waals surface area contributed by atoms with Crippen LogP contribution >= 0.6 is 23.2 Å². The van der Waals surface area contributed by atoms with Gasteiger partial charge in [-0.05, 0) is 18.1 Å². The van der Waals surface area contributed by atoms with Crippen LogP contribution in [0.5, 0.6) is 5.75 Å². The number of rotatable bonds is 8. The number of ether oxygens (including phenoxy) is 1. The minimum absolute atomic E-state index is 0.00219. The minimum atomic E-state index is -0.846. The number of halogens is 2. The van der Waals surface area contributed by atoms with Crippen molar-refractivity contribution in [3.8, 4) is 5.75 Å². The number of carboxylic acid groups (broad SMARTS) is 1. The van der Waals surface area contributed by atoms with Gasteiger partial charge in [0.2, 0.25) is 0 Å². The van der Waals surface area contributed by atoms with E-state index < -0.39 is 5.97 Å². The van der Waals surface area contributed by atoms with Crippen LogP contribution in [0.25, 0.3) is 0 Å². The van der Waals surface area contributed by atoms with Crippen molar-refractivity contribution in [1.82, 2.24) is 4.90 Å². The van der Waals surface area contributed by atoms with Gasteiger partial charge in [-0.25, -0.2) is 0 Å². The molecule has 0 aromatic heterocycles. The predicted molar refractivity (Wildman–Crippen MR) is 80.9 cm³/mol. The molecule has 20 heavy (non-hydrogen) atoms. The van der Waals surface area contributed by atoms with Crippen molar-refractivity contribution in [2.75, 3.05) is 26.2 Å². The maximum Gasteiger partial charge on any atom is 0.317 e. The smallest absolute Gasteiger partial charge is 0.317 e. The number of hydrogen-bond acceptors (Lipinski definition) is 3. The van der Waals surface area contributed by atoms with Crippen molar-refractivity contribution in [2.24, 2.45) is 5.92 Å². The fourth-order valence-electron chi connectivity index (χ4n) is 1.84. The number of benzene rings is 1. The van der Waals surface area contributed by atoms with E-state index in [2.05, 4.69) is 0 Å². The highest BCUT2D eigenvalue weighted by Gasteiger charge is 2.12. The van der Waals surface area contributed by atoms with E-state index in [9.17, 15) is 4.79 Å². The predicted octanol–water partition coefficient (Wildman–Crippen LogP) is 3.41. The van der Waals surface area contributed by atoms with E-state index in [1.54, 1.807) is 18.2 Å². The van der Waals surface area contributed by atoms with Gasteiger partial charge < -0.3 is 9.84 Å². The van der Waals surface area contributed by atoms with Crippen molar-refractivity contribution in [2.45, 2.75) is 13.8 Å². The normalized spacial score (nSPS) is 11.1. The molecule has 0 spiro atoms. The molecule has 0 bridgehead atoms. The third-order valence-electron chi connectivity index (χ3n) is 2.56. The van der Waals surface area contributed by atoms with E-state index in [4.69, 9.17) is 33.0 Å². The van der Waals surface area contributed by atoms with E-state index >= 15 is 0 Å². The van der Waals surface area contributed by atoms with Crippen LogP contribution < -0.4 is 4.74 Å². The Balaban J connectivity index is 2.53. The molecule has 0 atom stereocenters. The number of hydrogen-bond donors (Lipinski definition) is 1. The van der Waals surface area contributed by atoms with Gasteiger partial charge in [0.1, 0.15) is 6.61 Å². The van der Waals surface area contributed by atoms with Crippen LogP contribution in [0.3, 0.4) is 0 Å². The van der Waals surface area contributed by atoms with Crippen LogP contribution in [0.15, 0.2) is 18.2 Å². The lowest BCUT2D eigenvalue weighted by molar-refractivity contribution is -0.138. The Morgan fingerprint density at radius 3 is 2.45 bits per heavy atom. The molecule has 4 nitrogen and oxygen atoms in total. The van der Waals surface area contributed by atoms with Gasteiger partial charge in [-0.1, -0.05) is 43.1 Å². The average molecular weight is 320 g/mol. The van der Waals surface area contributed by atoms with Gasteiger partial charge in [0, 0.05) is 13.1 Å². The summed E-state index contributed by atoms with van der Waals surface area (Å²) in [5.41, 5.74) is 0. The Morgan fingerprint density at radius 2 is 1.95 bits per heavy atom. The van der Waals surface area contributed by atoms with Crippen molar-refractivity contribution in [3.05, 3.63) is 28.2 Å². The van der Waals surface area contributed by atoms with Crippen LogP contribution in [0.1, 0.15) is 13.8 Å². The molecule has 0 aliphatic carbocycles.